The van der Waals surface area contributed by atoms with E-state index < -0.39 is 0 Å². The molecule has 0 spiro atoms. The van der Waals surface area contributed by atoms with Crippen LogP contribution in [0.5, 0.6) is 0 Å². The first-order valence-corrected chi connectivity index (χ1v) is 9.29. The van der Waals surface area contributed by atoms with E-state index in [2.05, 4.69) is 14.9 Å². The lowest BCUT2D eigenvalue weighted by molar-refractivity contribution is -0.116. The summed E-state index contributed by atoms with van der Waals surface area (Å²) in [5.41, 5.74) is 2.94. The number of halogens is 1. The summed E-state index contributed by atoms with van der Waals surface area (Å²) in [6.45, 7) is 0.733. The maximum absolute atomic E-state index is 12.8. The lowest BCUT2D eigenvalue weighted by Crippen LogP contribution is -2.18. The number of amides is 1. The first kappa shape index (κ1) is 17.4. The summed E-state index contributed by atoms with van der Waals surface area (Å²) in [6, 6.07) is 19.6. The van der Waals surface area contributed by atoms with Gasteiger partial charge in [-0.1, -0.05) is 29.8 Å². The zero-order valence-electron chi connectivity index (χ0n) is 14.7. The highest BCUT2D eigenvalue weighted by Crippen LogP contribution is 2.26. The van der Waals surface area contributed by atoms with Gasteiger partial charge in [0, 0.05) is 53.4 Å². The van der Waals surface area contributed by atoms with Crippen LogP contribution < -0.4 is 5.32 Å². The number of fused-ring (bicyclic) bond motifs is 1. The number of anilines is 1. The Labute approximate surface area is 162 Å². The Bertz CT molecular complexity index is 1040. The molecule has 0 aliphatic carbocycles. The average molecular weight is 378 g/mol. The number of nitrogens with one attached hydrogen (secondary N) is 2. The molecule has 2 N–H and O–H groups in total. The monoisotopic (exact) mass is 377 g/mol. The van der Waals surface area contributed by atoms with Gasteiger partial charge in [-0.25, -0.2) is 0 Å². The van der Waals surface area contributed by atoms with E-state index in [4.69, 9.17) is 11.6 Å². The summed E-state index contributed by atoms with van der Waals surface area (Å²) in [6.07, 6.45) is 6.30. The Morgan fingerprint density at radius 3 is 2.59 bits per heavy atom. The van der Waals surface area contributed by atoms with Crippen LogP contribution >= 0.6 is 11.6 Å². The quantitative estimate of drug-likeness (QED) is 0.462. The van der Waals surface area contributed by atoms with Gasteiger partial charge in [0.2, 0.25) is 5.91 Å². The lowest BCUT2D eigenvalue weighted by Gasteiger charge is -2.18. The Morgan fingerprint density at radius 2 is 1.81 bits per heavy atom. The molecule has 0 saturated carbocycles. The van der Waals surface area contributed by atoms with Crippen molar-refractivity contribution < 1.29 is 4.79 Å². The van der Waals surface area contributed by atoms with Crippen molar-refractivity contribution in [3.8, 4) is 0 Å². The van der Waals surface area contributed by atoms with E-state index in [1.807, 2.05) is 79.3 Å². The number of aromatic amines is 1. The molecule has 1 unspecified atom stereocenters. The van der Waals surface area contributed by atoms with Gasteiger partial charge < -0.3 is 14.9 Å². The molecular formula is C22H20ClN3O. The maximum Gasteiger partial charge on any atom is 0.225 e. The van der Waals surface area contributed by atoms with Gasteiger partial charge in [0.15, 0.2) is 0 Å². The van der Waals surface area contributed by atoms with Gasteiger partial charge in [-0.2, -0.15) is 0 Å². The molecule has 0 aliphatic heterocycles. The highest BCUT2D eigenvalue weighted by molar-refractivity contribution is 6.30. The fraction of sp³-hybridized carbons (Fsp3) is 0.136. The fourth-order valence-corrected chi connectivity index (χ4v) is 3.51. The number of carbonyl (C=O) groups excluding carboxylic acids is 1. The number of hydrogen-bond donors (Lipinski definition) is 2. The third kappa shape index (κ3) is 4.07. The van der Waals surface area contributed by atoms with Crippen molar-refractivity contribution in [1.29, 1.82) is 0 Å². The lowest BCUT2D eigenvalue weighted by atomic mass is 9.95. The number of carbonyl (C=O) groups is 1. The van der Waals surface area contributed by atoms with E-state index in [-0.39, 0.29) is 11.8 Å². The Hall–Kier alpha value is -2.98. The Balaban J connectivity index is 1.54. The number of hydrogen-bond acceptors (Lipinski definition) is 1. The van der Waals surface area contributed by atoms with Crippen LogP contribution in [-0.2, 0) is 11.3 Å². The van der Waals surface area contributed by atoms with Crippen LogP contribution in [0.4, 0.5) is 5.69 Å². The number of nitrogens with zero attached hydrogens (tertiary/aromatic N) is 1. The van der Waals surface area contributed by atoms with Crippen LogP contribution in [0.1, 0.15) is 17.9 Å². The zero-order valence-corrected chi connectivity index (χ0v) is 15.5. The summed E-state index contributed by atoms with van der Waals surface area (Å²) in [5, 5.41) is 4.78. The molecule has 0 saturated heterocycles. The smallest absolute Gasteiger partial charge is 0.225 e. The van der Waals surface area contributed by atoms with E-state index in [0.717, 1.165) is 28.7 Å². The molecule has 1 atom stereocenters. The summed E-state index contributed by atoms with van der Waals surface area (Å²) >= 11 is 6.03. The van der Waals surface area contributed by atoms with Crippen molar-refractivity contribution in [2.75, 3.05) is 5.32 Å². The van der Waals surface area contributed by atoms with Gasteiger partial charge in [0.1, 0.15) is 0 Å². The van der Waals surface area contributed by atoms with E-state index in [0.29, 0.717) is 11.4 Å². The molecule has 2 aromatic carbocycles. The van der Waals surface area contributed by atoms with Gasteiger partial charge >= 0.3 is 0 Å². The van der Waals surface area contributed by atoms with Gasteiger partial charge in [-0.05, 0) is 48.0 Å². The minimum atomic E-state index is -0.00388. The molecule has 2 aromatic heterocycles. The molecule has 27 heavy (non-hydrogen) atoms. The van der Waals surface area contributed by atoms with Crippen molar-refractivity contribution >= 4 is 34.1 Å². The first-order valence-electron chi connectivity index (χ1n) is 8.91. The summed E-state index contributed by atoms with van der Waals surface area (Å²) in [7, 11) is 0. The largest absolute Gasteiger partial charge is 0.361 e. The molecule has 2 heterocycles. The van der Waals surface area contributed by atoms with Crippen LogP contribution in [-0.4, -0.2) is 15.5 Å². The van der Waals surface area contributed by atoms with Gasteiger partial charge in [0.25, 0.3) is 0 Å². The highest BCUT2D eigenvalue weighted by Gasteiger charge is 2.17. The molecule has 0 fully saturated rings. The summed E-state index contributed by atoms with van der Waals surface area (Å²) in [4.78, 5) is 16.0. The molecule has 4 nitrogen and oxygen atoms in total. The standard InChI is InChI=1S/C22H20ClN3O/c23-18-8-6-16(7-9-18)17(15-26-12-1-2-13-26)14-22(27)25-21-5-3-4-20-19(21)10-11-24-20/h1-13,17,24H,14-15H2,(H,25,27). The van der Waals surface area contributed by atoms with Gasteiger partial charge in [-0.3, -0.25) is 4.79 Å². The van der Waals surface area contributed by atoms with Crippen LogP contribution in [0.2, 0.25) is 5.02 Å². The average Bonchev–Trinajstić information content (AvgIpc) is 3.34. The normalized spacial score (nSPS) is 12.2. The van der Waals surface area contributed by atoms with Crippen molar-refractivity contribution in [3.05, 3.63) is 89.8 Å². The van der Waals surface area contributed by atoms with Crippen LogP contribution in [0, 0.1) is 0 Å². The summed E-state index contributed by atoms with van der Waals surface area (Å²) < 4.78 is 2.10. The third-order valence-corrected chi connectivity index (χ3v) is 4.99. The molecule has 1 amide bonds. The van der Waals surface area contributed by atoms with Crippen molar-refractivity contribution in [1.82, 2.24) is 9.55 Å². The molecule has 136 valence electrons. The molecule has 4 aromatic rings. The van der Waals surface area contributed by atoms with Crippen molar-refractivity contribution in [3.63, 3.8) is 0 Å². The molecule has 0 bridgehead atoms. The minimum absolute atomic E-state index is 0.00388. The van der Waals surface area contributed by atoms with Crippen LogP contribution in [0.15, 0.2) is 79.3 Å². The van der Waals surface area contributed by atoms with E-state index >= 15 is 0 Å². The predicted octanol–water partition coefficient (Wildman–Crippen LogP) is 5.44. The predicted molar refractivity (Wildman–Crippen MR) is 110 cm³/mol. The van der Waals surface area contributed by atoms with Crippen LogP contribution in [0.3, 0.4) is 0 Å². The number of H-pyrrole nitrogens is 1. The molecule has 5 heteroatoms. The SMILES string of the molecule is O=C(CC(Cn1cccc1)c1ccc(Cl)cc1)Nc1cccc2[nH]ccc12. The zero-order chi connectivity index (χ0) is 18.6. The van der Waals surface area contributed by atoms with E-state index in [9.17, 15) is 4.79 Å². The second-order valence-electron chi connectivity index (χ2n) is 6.63. The molecular weight excluding hydrogens is 358 g/mol. The second kappa shape index (κ2) is 7.72. The van der Waals surface area contributed by atoms with Crippen molar-refractivity contribution in [2.24, 2.45) is 0 Å². The fourth-order valence-electron chi connectivity index (χ4n) is 3.39. The third-order valence-electron chi connectivity index (χ3n) is 4.74. The van der Waals surface area contributed by atoms with E-state index in [1.54, 1.807) is 0 Å². The van der Waals surface area contributed by atoms with Gasteiger partial charge in [0.05, 0.1) is 5.69 Å². The number of aromatic nitrogens is 2. The molecule has 0 radical (unpaired) electrons. The van der Waals surface area contributed by atoms with E-state index in [1.165, 1.54) is 0 Å². The van der Waals surface area contributed by atoms with Crippen molar-refractivity contribution in [2.45, 2.75) is 18.9 Å². The molecule has 4 rings (SSSR count). The molecule has 0 aliphatic rings. The number of benzene rings is 2. The maximum atomic E-state index is 12.8. The topological polar surface area (TPSA) is 49.8 Å². The Morgan fingerprint density at radius 1 is 1.04 bits per heavy atom. The van der Waals surface area contributed by atoms with Crippen LogP contribution in [0.25, 0.3) is 10.9 Å². The first-order chi connectivity index (χ1) is 13.2. The Kier molecular flexibility index (Phi) is 4.99. The summed E-state index contributed by atoms with van der Waals surface area (Å²) in [5.74, 6) is 0.0518. The number of rotatable bonds is 6. The highest BCUT2D eigenvalue weighted by atomic mass is 35.5. The van der Waals surface area contributed by atoms with Gasteiger partial charge in [-0.15, -0.1) is 0 Å². The second-order valence-corrected chi connectivity index (χ2v) is 7.06. The minimum Gasteiger partial charge on any atom is -0.361 e.